The Morgan fingerprint density at radius 3 is 2.53 bits per heavy atom. The van der Waals surface area contributed by atoms with Gasteiger partial charge < -0.3 is 5.32 Å². The van der Waals surface area contributed by atoms with Gasteiger partial charge in [0.15, 0.2) is 0 Å². The zero-order chi connectivity index (χ0) is 13.1. The maximum Gasteiger partial charge on any atom is 0.127 e. The van der Waals surface area contributed by atoms with E-state index in [1.54, 1.807) is 0 Å². The van der Waals surface area contributed by atoms with Crippen molar-refractivity contribution < 1.29 is 8.78 Å². The van der Waals surface area contributed by atoms with Gasteiger partial charge in [-0.15, -0.1) is 0 Å². The Bertz CT molecular complexity index is 374. The lowest BCUT2D eigenvalue weighted by Gasteiger charge is -2.29. The van der Waals surface area contributed by atoms with Crippen LogP contribution in [-0.4, -0.2) is 12.6 Å². The molecule has 0 bridgehead atoms. The highest BCUT2D eigenvalue weighted by molar-refractivity contribution is 5.26. The summed E-state index contributed by atoms with van der Waals surface area (Å²) in [5.74, 6) is -0.717. The lowest BCUT2D eigenvalue weighted by molar-refractivity contribution is 0.379. The first-order chi connectivity index (χ1) is 7.86. The summed E-state index contributed by atoms with van der Waals surface area (Å²) in [5.41, 5.74) is 0.0654. The van der Waals surface area contributed by atoms with Crippen LogP contribution in [0.4, 0.5) is 8.78 Å². The minimum atomic E-state index is -0.384. The van der Waals surface area contributed by atoms with Crippen molar-refractivity contribution in [3.8, 4) is 0 Å². The van der Waals surface area contributed by atoms with E-state index in [4.69, 9.17) is 0 Å². The molecule has 0 fully saturated rings. The van der Waals surface area contributed by atoms with E-state index in [1.165, 1.54) is 12.1 Å². The Morgan fingerprint density at radius 1 is 1.29 bits per heavy atom. The second kappa shape index (κ2) is 5.58. The Kier molecular flexibility index (Phi) is 4.63. The molecule has 96 valence electrons. The molecule has 1 unspecified atom stereocenters. The molecule has 0 radical (unpaired) electrons. The molecule has 3 heteroatoms. The summed E-state index contributed by atoms with van der Waals surface area (Å²) < 4.78 is 26.9. The number of rotatable bonds is 5. The summed E-state index contributed by atoms with van der Waals surface area (Å²) in [4.78, 5) is 0. The average molecular weight is 241 g/mol. The Balaban J connectivity index is 2.91. The lowest BCUT2D eigenvalue weighted by atomic mass is 9.79. The van der Waals surface area contributed by atoms with Gasteiger partial charge >= 0.3 is 0 Å². The zero-order valence-electron chi connectivity index (χ0n) is 11.0. The lowest BCUT2D eigenvalue weighted by Crippen LogP contribution is -2.33. The summed E-state index contributed by atoms with van der Waals surface area (Å²) in [6, 6.07) is 3.93. The molecular formula is C14H21F2N. The number of benzene rings is 1. The number of hydrogen-bond donors (Lipinski definition) is 1. The Morgan fingerprint density at radius 2 is 1.94 bits per heavy atom. The van der Waals surface area contributed by atoms with Gasteiger partial charge in [-0.05, 0) is 49.1 Å². The van der Waals surface area contributed by atoms with Crippen LogP contribution in [0.1, 0.15) is 39.7 Å². The van der Waals surface area contributed by atoms with Crippen LogP contribution in [-0.2, 0) is 5.41 Å². The average Bonchev–Trinajstić information content (AvgIpc) is 2.21. The molecule has 0 aromatic heterocycles. The van der Waals surface area contributed by atoms with Gasteiger partial charge in [0.25, 0.3) is 0 Å². The van der Waals surface area contributed by atoms with Crippen LogP contribution in [0.5, 0.6) is 0 Å². The first kappa shape index (κ1) is 14.1. The molecule has 0 amide bonds. The van der Waals surface area contributed by atoms with E-state index in [0.29, 0.717) is 5.56 Å². The van der Waals surface area contributed by atoms with Gasteiger partial charge in [-0.2, -0.15) is 0 Å². The first-order valence-corrected chi connectivity index (χ1v) is 6.05. The quantitative estimate of drug-likeness (QED) is 0.830. The smallest absolute Gasteiger partial charge is 0.127 e. The molecule has 1 N–H and O–H groups in total. The summed E-state index contributed by atoms with van der Waals surface area (Å²) in [5, 5.41) is 3.29. The van der Waals surface area contributed by atoms with Gasteiger partial charge in [0.05, 0.1) is 0 Å². The van der Waals surface area contributed by atoms with Gasteiger partial charge in [-0.3, -0.25) is 0 Å². The summed E-state index contributed by atoms with van der Waals surface area (Å²) in [7, 11) is 0. The summed E-state index contributed by atoms with van der Waals surface area (Å²) in [6.45, 7) is 8.86. The van der Waals surface area contributed by atoms with E-state index in [2.05, 4.69) is 12.2 Å². The van der Waals surface area contributed by atoms with E-state index >= 15 is 0 Å². The third-order valence-corrected chi connectivity index (χ3v) is 3.03. The van der Waals surface area contributed by atoms with Crippen LogP contribution in [0, 0.1) is 11.6 Å². The van der Waals surface area contributed by atoms with Crippen molar-refractivity contribution in [1.82, 2.24) is 5.32 Å². The molecule has 17 heavy (non-hydrogen) atoms. The predicted molar refractivity (Wildman–Crippen MR) is 67.1 cm³/mol. The van der Waals surface area contributed by atoms with Crippen molar-refractivity contribution >= 4 is 0 Å². The monoisotopic (exact) mass is 241 g/mol. The zero-order valence-corrected chi connectivity index (χ0v) is 11.0. The number of halogens is 2. The molecule has 1 atom stereocenters. The van der Waals surface area contributed by atoms with Crippen LogP contribution in [0.2, 0.25) is 0 Å². The molecule has 1 rings (SSSR count). The number of nitrogens with one attached hydrogen (secondary N) is 1. The van der Waals surface area contributed by atoms with Crippen molar-refractivity contribution in [3.05, 3.63) is 35.4 Å². The van der Waals surface area contributed by atoms with Crippen LogP contribution in [0.25, 0.3) is 0 Å². The molecule has 1 aromatic carbocycles. The van der Waals surface area contributed by atoms with E-state index in [1.807, 2.05) is 20.8 Å². The molecule has 1 aromatic rings. The van der Waals surface area contributed by atoms with E-state index in [-0.39, 0.29) is 23.1 Å². The fraction of sp³-hybridized carbons (Fsp3) is 0.571. The minimum Gasteiger partial charge on any atom is -0.315 e. The van der Waals surface area contributed by atoms with Crippen molar-refractivity contribution in [2.24, 2.45) is 0 Å². The van der Waals surface area contributed by atoms with E-state index in [0.717, 1.165) is 19.0 Å². The molecule has 0 aliphatic rings. The molecule has 1 nitrogen and oxygen atoms in total. The van der Waals surface area contributed by atoms with Crippen molar-refractivity contribution in [2.45, 2.75) is 45.6 Å². The maximum absolute atomic E-state index is 13.7. The molecule has 0 aliphatic heterocycles. The predicted octanol–water partition coefficient (Wildman–Crippen LogP) is 3.63. The van der Waals surface area contributed by atoms with Crippen molar-refractivity contribution in [1.29, 1.82) is 0 Å². The molecule has 0 aliphatic carbocycles. The molecular weight excluding hydrogens is 220 g/mol. The van der Waals surface area contributed by atoms with E-state index in [9.17, 15) is 8.78 Å². The third kappa shape index (κ3) is 3.77. The second-order valence-electron chi connectivity index (χ2n) is 5.17. The topological polar surface area (TPSA) is 12.0 Å². The van der Waals surface area contributed by atoms with E-state index < -0.39 is 0 Å². The summed E-state index contributed by atoms with van der Waals surface area (Å²) in [6.07, 6.45) is 0.765. The van der Waals surface area contributed by atoms with Gasteiger partial charge in [0, 0.05) is 6.04 Å². The number of hydrogen-bond acceptors (Lipinski definition) is 1. The van der Waals surface area contributed by atoms with Crippen LogP contribution in [0.15, 0.2) is 18.2 Å². The van der Waals surface area contributed by atoms with Gasteiger partial charge in [-0.25, -0.2) is 8.78 Å². The van der Waals surface area contributed by atoms with Crippen LogP contribution in [0.3, 0.4) is 0 Å². The van der Waals surface area contributed by atoms with Crippen LogP contribution >= 0.6 is 0 Å². The van der Waals surface area contributed by atoms with Gasteiger partial charge in [-0.1, -0.05) is 20.8 Å². The molecule has 0 spiro atoms. The SMILES string of the molecule is CCNC(C)CC(C)(C)c1cc(F)ccc1F. The fourth-order valence-electron chi connectivity index (χ4n) is 2.31. The van der Waals surface area contributed by atoms with Crippen molar-refractivity contribution in [2.75, 3.05) is 6.54 Å². The minimum absolute atomic E-state index is 0.276. The Hall–Kier alpha value is -0.960. The highest BCUT2D eigenvalue weighted by Crippen LogP contribution is 2.30. The van der Waals surface area contributed by atoms with Crippen LogP contribution < -0.4 is 5.32 Å². The maximum atomic E-state index is 13.7. The molecule has 0 heterocycles. The highest BCUT2D eigenvalue weighted by atomic mass is 19.1. The highest BCUT2D eigenvalue weighted by Gasteiger charge is 2.26. The first-order valence-electron chi connectivity index (χ1n) is 6.05. The fourth-order valence-corrected chi connectivity index (χ4v) is 2.31. The largest absolute Gasteiger partial charge is 0.315 e. The normalized spacial score (nSPS) is 13.8. The summed E-state index contributed by atoms with van der Waals surface area (Å²) >= 11 is 0. The molecule has 0 saturated heterocycles. The standard InChI is InChI=1S/C14H21F2N/c1-5-17-10(2)9-14(3,4)12-8-11(15)6-7-13(12)16/h6-8,10,17H,5,9H2,1-4H3. The third-order valence-electron chi connectivity index (χ3n) is 3.03. The van der Waals surface area contributed by atoms with Gasteiger partial charge in [0.2, 0.25) is 0 Å². The Labute approximate surface area is 102 Å². The molecule has 0 saturated carbocycles. The van der Waals surface area contributed by atoms with Gasteiger partial charge in [0.1, 0.15) is 11.6 Å². The van der Waals surface area contributed by atoms with Crippen molar-refractivity contribution in [3.63, 3.8) is 0 Å². The second-order valence-corrected chi connectivity index (χ2v) is 5.17.